The lowest BCUT2D eigenvalue weighted by atomic mass is 10.2. The van der Waals surface area contributed by atoms with Crippen LogP contribution in [0.4, 0.5) is 5.69 Å². The predicted octanol–water partition coefficient (Wildman–Crippen LogP) is 3.31. The van der Waals surface area contributed by atoms with Gasteiger partial charge in [0.1, 0.15) is 0 Å². The zero-order valence-electron chi connectivity index (χ0n) is 13.5. The van der Waals surface area contributed by atoms with Gasteiger partial charge >= 0.3 is 5.97 Å². The number of benzene rings is 2. The summed E-state index contributed by atoms with van der Waals surface area (Å²) in [4.78, 5) is 34.5. The first-order chi connectivity index (χ1) is 12.5. The van der Waals surface area contributed by atoms with Crippen molar-refractivity contribution in [3.8, 4) is 0 Å². The van der Waals surface area contributed by atoms with Gasteiger partial charge in [-0.1, -0.05) is 11.6 Å². The van der Waals surface area contributed by atoms with Gasteiger partial charge in [0.15, 0.2) is 6.61 Å². The van der Waals surface area contributed by atoms with Crippen LogP contribution in [-0.4, -0.2) is 35.7 Å². The first kappa shape index (κ1) is 19.7. The van der Waals surface area contributed by atoms with Crippen LogP contribution in [-0.2, 0) is 9.53 Å². The van der Waals surface area contributed by atoms with Gasteiger partial charge in [-0.25, -0.2) is 4.79 Å². The molecule has 0 spiro atoms. The maximum absolute atomic E-state index is 11.8. The number of ether oxygens (including phenoxy) is 1. The van der Waals surface area contributed by atoms with Crippen LogP contribution in [0.1, 0.15) is 10.4 Å². The second-order valence-electron chi connectivity index (χ2n) is 5.03. The Balaban J connectivity index is 1.66. The molecule has 0 fully saturated rings. The SMILES string of the molecule is O=C(COC(=O)c1ccc([N+](=O)[O-])cc1)NCCSc1ccc(Cl)cc1. The van der Waals surface area contributed by atoms with E-state index in [1.807, 2.05) is 12.1 Å². The fourth-order valence-electron chi connectivity index (χ4n) is 1.87. The summed E-state index contributed by atoms with van der Waals surface area (Å²) in [6.45, 7) is 0.00262. The van der Waals surface area contributed by atoms with Crippen molar-refractivity contribution in [3.05, 3.63) is 69.2 Å². The van der Waals surface area contributed by atoms with E-state index < -0.39 is 23.4 Å². The highest BCUT2D eigenvalue weighted by atomic mass is 35.5. The molecule has 0 atom stereocenters. The highest BCUT2D eigenvalue weighted by Gasteiger charge is 2.12. The number of rotatable bonds is 8. The third-order valence-electron chi connectivity index (χ3n) is 3.15. The molecule has 0 aliphatic heterocycles. The number of carbonyl (C=O) groups excluding carboxylic acids is 2. The van der Waals surface area contributed by atoms with Gasteiger partial charge in [-0.2, -0.15) is 0 Å². The Labute approximate surface area is 158 Å². The van der Waals surface area contributed by atoms with E-state index in [9.17, 15) is 19.7 Å². The molecule has 0 saturated heterocycles. The van der Waals surface area contributed by atoms with Crippen LogP contribution in [0.2, 0.25) is 5.02 Å². The van der Waals surface area contributed by atoms with Gasteiger partial charge in [-0.15, -0.1) is 11.8 Å². The van der Waals surface area contributed by atoms with Crippen LogP contribution >= 0.6 is 23.4 Å². The van der Waals surface area contributed by atoms with Gasteiger partial charge in [-0.05, 0) is 36.4 Å². The monoisotopic (exact) mass is 394 g/mol. The third-order valence-corrected chi connectivity index (χ3v) is 4.42. The number of halogens is 1. The number of carbonyl (C=O) groups is 2. The average Bonchev–Trinajstić information content (AvgIpc) is 2.64. The fourth-order valence-corrected chi connectivity index (χ4v) is 2.77. The number of nitrogens with zero attached hydrogens (tertiary/aromatic N) is 1. The minimum atomic E-state index is -0.717. The van der Waals surface area contributed by atoms with Gasteiger partial charge in [0.05, 0.1) is 10.5 Å². The molecule has 0 radical (unpaired) electrons. The van der Waals surface area contributed by atoms with Gasteiger partial charge < -0.3 is 10.1 Å². The summed E-state index contributed by atoms with van der Waals surface area (Å²) in [5.74, 6) is -0.480. The van der Waals surface area contributed by atoms with E-state index in [1.165, 1.54) is 24.3 Å². The van der Waals surface area contributed by atoms with Crippen molar-refractivity contribution in [1.29, 1.82) is 0 Å². The number of nitrogens with one attached hydrogen (secondary N) is 1. The summed E-state index contributed by atoms with van der Waals surface area (Å²) in [7, 11) is 0. The first-order valence-electron chi connectivity index (χ1n) is 7.52. The van der Waals surface area contributed by atoms with Crippen molar-refractivity contribution >= 4 is 40.9 Å². The number of hydrogen-bond donors (Lipinski definition) is 1. The number of nitro benzene ring substituents is 1. The first-order valence-corrected chi connectivity index (χ1v) is 8.88. The lowest BCUT2D eigenvalue weighted by Crippen LogP contribution is -2.30. The molecular formula is C17H15ClN2O5S. The molecule has 9 heteroatoms. The van der Waals surface area contributed by atoms with Crippen LogP contribution in [0, 0.1) is 10.1 Å². The summed E-state index contributed by atoms with van der Waals surface area (Å²) >= 11 is 7.36. The lowest BCUT2D eigenvalue weighted by molar-refractivity contribution is -0.384. The normalized spacial score (nSPS) is 10.2. The van der Waals surface area contributed by atoms with Crippen molar-refractivity contribution in [3.63, 3.8) is 0 Å². The van der Waals surface area contributed by atoms with Gasteiger partial charge in [0.25, 0.3) is 11.6 Å². The summed E-state index contributed by atoms with van der Waals surface area (Å²) in [5, 5.41) is 13.9. The molecule has 0 aliphatic carbocycles. The molecule has 0 saturated carbocycles. The number of hydrogen-bond acceptors (Lipinski definition) is 6. The molecule has 1 N–H and O–H groups in total. The van der Waals surface area contributed by atoms with Crippen LogP contribution in [0.5, 0.6) is 0 Å². The summed E-state index contributed by atoms with van der Waals surface area (Å²) in [5.41, 5.74) is 0.0131. The van der Waals surface area contributed by atoms with Crippen LogP contribution < -0.4 is 5.32 Å². The Hall–Kier alpha value is -2.58. The quantitative estimate of drug-likeness (QED) is 0.242. The molecule has 26 heavy (non-hydrogen) atoms. The van der Waals surface area contributed by atoms with Gasteiger partial charge in [0.2, 0.25) is 0 Å². The molecule has 0 bridgehead atoms. The molecule has 1 amide bonds. The second kappa shape index (κ2) is 9.79. The highest BCUT2D eigenvalue weighted by molar-refractivity contribution is 7.99. The standard InChI is InChI=1S/C17H15ClN2O5S/c18-13-3-7-15(8-4-13)26-10-9-19-16(21)11-25-17(22)12-1-5-14(6-2-12)20(23)24/h1-8H,9-11H2,(H,19,21). The zero-order chi connectivity index (χ0) is 18.9. The summed E-state index contributed by atoms with van der Waals surface area (Å²) < 4.78 is 4.88. The Morgan fingerprint density at radius 1 is 1.12 bits per heavy atom. The second-order valence-corrected chi connectivity index (χ2v) is 6.64. The largest absolute Gasteiger partial charge is 0.452 e. The van der Waals surface area contributed by atoms with E-state index in [4.69, 9.17) is 16.3 Å². The van der Waals surface area contributed by atoms with Crippen molar-refractivity contribution < 1.29 is 19.2 Å². The van der Waals surface area contributed by atoms with Crippen LogP contribution in [0.15, 0.2) is 53.4 Å². The topological polar surface area (TPSA) is 98.5 Å². The Bertz CT molecular complexity index is 781. The molecule has 136 valence electrons. The van der Waals surface area contributed by atoms with Crippen LogP contribution in [0.3, 0.4) is 0 Å². The molecule has 0 heterocycles. The van der Waals surface area contributed by atoms with Crippen LogP contribution in [0.25, 0.3) is 0 Å². The van der Waals surface area contributed by atoms with Crippen molar-refractivity contribution in [2.45, 2.75) is 4.90 Å². The van der Waals surface area contributed by atoms with E-state index in [1.54, 1.807) is 23.9 Å². The molecule has 7 nitrogen and oxygen atoms in total. The zero-order valence-corrected chi connectivity index (χ0v) is 15.1. The van der Waals surface area contributed by atoms with E-state index in [0.717, 1.165) is 4.90 Å². The minimum Gasteiger partial charge on any atom is -0.452 e. The number of nitro groups is 1. The number of non-ortho nitro benzene ring substituents is 1. The summed E-state index contributed by atoms with van der Waals surface area (Å²) in [6, 6.07) is 12.3. The molecule has 0 aromatic heterocycles. The maximum Gasteiger partial charge on any atom is 0.338 e. The van der Waals surface area contributed by atoms with Crippen molar-refractivity contribution in [2.24, 2.45) is 0 Å². The van der Waals surface area contributed by atoms with Gasteiger partial charge in [0, 0.05) is 34.3 Å². The number of esters is 1. The highest BCUT2D eigenvalue weighted by Crippen LogP contribution is 2.19. The van der Waals surface area contributed by atoms with Crippen molar-refractivity contribution in [1.82, 2.24) is 5.32 Å². The summed E-state index contributed by atoms with van der Waals surface area (Å²) in [6.07, 6.45) is 0. The van der Waals surface area contributed by atoms with E-state index in [-0.39, 0.29) is 11.3 Å². The lowest BCUT2D eigenvalue weighted by Gasteiger charge is -2.07. The van der Waals surface area contributed by atoms with E-state index >= 15 is 0 Å². The smallest absolute Gasteiger partial charge is 0.338 e. The number of thioether (sulfide) groups is 1. The molecule has 2 aromatic rings. The Morgan fingerprint density at radius 2 is 1.77 bits per heavy atom. The fraction of sp³-hybridized carbons (Fsp3) is 0.176. The molecular weight excluding hydrogens is 380 g/mol. The van der Waals surface area contributed by atoms with E-state index in [2.05, 4.69) is 5.32 Å². The Kier molecular flexibility index (Phi) is 7.43. The average molecular weight is 395 g/mol. The molecule has 2 aromatic carbocycles. The number of amides is 1. The molecule has 2 rings (SSSR count). The maximum atomic E-state index is 11.8. The Morgan fingerprint density at radius 3 is 2.38 bits per heavy atom. The van der Waals surface area contributed by atoms with Crippen molar-refractivity contribution in [2.75, 3.05) is 18.9 Å². The minimum absolute atomic E-state index is 0.127. The third kappa shape index (κ3) is 6.38. The van der Waals surface area contributed by atoms with E-state index in [0.29, 0.717) is 17.3 Å². The molecule has 0 unspecified atom stereocenters. The van der Waals surface area contributed by atoms with Gasteiger partial charge in [-0.3, -0.25) is 14.9 Å². The predicted molar refractivity (Wildman–Crippen MR) is 98.6 cm³/mol. The molecule has 0 aliphatic rings.